The van der Waals surface area contributed by atoms with E-state index in [0.29, 0.717) is 6.04 Å². The molecule has 0 spiro atoms. The van der Waals surface area contributed by atoms with Gasteiger partial charge in [-0.2, -0.15) is 0 Å². The zero-order valence-electron chi connectivity index (χ0n) is 14.5. The first-order valence-corrected chi connectivity index (χ1v) is 8.86. The van der Waals surface area contributed by atoms with E-state index in [1.807, 2.05) is 25.7 Å². The summed E-state index contributed by atoms with van der Waals surface area (Å²) in [4.78, 5) is 14.2. The van der Waals surface area contributed by atoms with Crippen molar-refractivity contribution in [1.82, 2.24) is 15.5 Å². The fourth-order valence-corrected chi connectivity index (χ4v) is 3.22. The number of hydrogen-bond donors (Lipinski definition) is 2. The Labute approximate surface area is 135 Å². The first kappa shape index (κ1) is 17.5. The van der Waals surface area contributed by atoms with Crippen LogP contribution in [0.1, 0.15) is 52.9 Å². The molecule has 22 heavy (non-hydrogen) atoms. The first-order valence-electron chi connectivity index (χ1n) is 8.86. The van der Waals surface area contributed by atoms with Crippen molar-refractivity contribution in [2.24, 2.45) is 5.92 Å². The van der Waals surface area contributed by atoms with Gasteiger partial charge in [0, 0.05) is 19.1 Å². The van der Waals surface area contributed by atoms with Gasteiger partial charge in [0.15, 0.2) is 0 Å². The van der Waals surface area contributed by atoms with Crippen LogP contribution in [0.25, 0.3) is 0 Å². The molecule has 2 fully saturated rings. The molecule has 1 atom stereocenters. The van der Waals surface area contributed by atoms with Crippen LogP contribution in [-0.4, -0.2) is 55.4 Å². The lowest BCUT2D eigenvalue weighted by Gasteiger charge is -2.30. The molecule has 0 aliphatic carbocycles. The lowest BCUT2D eigenvalue weighted by Crippen LogP contribution is -2.46. The number of nitrogens with zero attached hydrogens (tertiary/aromatic N) is 1. The molecule has 2 saturated heterocycles. The standard InChI is InChI=1S/C17H33N3O2/c1-17(2,3)22-16(21)20-11-5-4-6-15(13-20)19-12-14-7-9-18-10-8-14/h14-15,18-19H,4-13H2,1-3H3. The van der Waals surface area contributed by atoms with Crippen LogP contribution in [0.2, 0.25) is 0 Å². The number of carbonyl (C=O) groups is 1. The largest absolute Gasteiger partial charge is 0.444 e. The van der Waals surface area contributed by atoms with Crippen molar-refractivity contribution in [3.8, 4) is 0 Å². The van der Waals surface area contributed by atoms with Crippen LogP contribution < -0.4 is 10.6 Å². The summed E-state index contributed by atoms with van der Waals surface area (Å²) in [5.74, 6) is 0.777. The number of carbonyl (C=O) groups excluding carboxylic acids is 1. The van der Waals surface area contributed by atoms with Gasteiger partial charge in [-0.15, -0.1) is 0 Å². The Hall–Kier alpha value is -0.810. The molecular weight excluding hydrogens is 278 g/mol. The van der Waals surface area contributed by atoms with Gasteiger partial charge in [0.25, 0.3) is 0 Å². The van der Waals surface area contributed by atoms with Crippen LogP contribution in [0.4, 0.5) is 4.79 Å². The van der Waals surface area contributed by atoms with E-state index in [0.717, 1.165) is 51.5 Å². The number of rotatable bonds is 3. The molecule has 0 saturated carbocycles. The maximum atomic E-state index is 12.3. The third kappa shape index (κ3) is 6.13. The Morgan fingerprint density at radius 1 is 1.23 bits per heavy atom. The van der Waals surface area contributed by atoms with E-state index in [9.17, 15) is 4.79 Å². The van der Waals surface area contributed by atoms with Crippen molar-refractivity contribution in [2.75, 3.05) is 32.7 Å². The topological polar surface area (TPSA) is 53.6 Å². The van der Waals surface area contributed by atoms with Crippen LogP contribution in [-0.2, 0) is 4.74 Å². The summed E-state index contributed by atoms with van der Waals surface area (Å²) >= 11 is 0. The van der Waals surface area contributed by atoms with Crippen LogP contribution >= 0.6 is 0 Å². The normalized spacial score (nSPS) is 24.9. The number of nitrogens with one attached hydrogen (secondary N) is 2. The van der Waals surface area contributed by atoms with Gasteiger partial charge in [0.2, 0.25) is 0 Å². The van der Waals surface area contributed by atoms with E-state index in [2.05, 4.69) is 10.6 Å². The molecule has 0 bridgehead atoms. The molecule has 5 heteroatoms. The van der Waals surface area contributed by atoms with E-state index in [4.69, 9.17) is 4.74 Å². The number of hydrogen-bond acceptors (Lipinski definition) is 4. The Balaban J connectivity index is 1.80. The Bertz CT molecular complexity index is 348. The minimum Gasteiger partial charge on any atom is -0.444 e. The molecule has 1 unspecified atom stereocenters. The third-order valence-electron chi connectivity index (χ3n) is 4.48. The van der Waals surface area contributed by atoms with Gasteiger partial charge < -0.3 is 20.3 Å². The molecule has 0 aromatic carbocycles. The van der Waals surface area contributed by atoms with Crippen molar-refractivity contribution in [2.45, 2.75) is 64.5 Å². The fraction of sp³-hybridized carbons (Fsp3) is 0.941. The average Bonchev–Trinajstić information content (AvgIpc) is 2.70. The van der Waals surface area contributed by atoms with Gasteiger partial charge >= 0.3 is 6.09 Å². The van der Waals surface area contributed by atoms with E-state index in [1.165, 1.54) is 19.3 Å². The fourth-order valence-electron chi connectivity index (χ4n) is 3.22. The van der Waals surface area contributed by atoms with Gasteiger partial charge in [0.05, 0.1) is 0 Å². The lowest BCUT2D eigenvalue weighted by atomic mass is 9.97. The van der Waals surface area contributed by atoms with Crippen LogP contribution in [0.5, 0.6) is 0 Å². The van der Waals surface area contributed by atoms with Crippen molar-refractivity contribution in [3.63, 3.8) is 0 Å². The summed E-state index contributed by atoms with van der Waals surface area (Å²) in [5, 5.41) is 7.11. The number of likely N-dealkylation sites (tertiary alicyclic amines) is 1. The number of ether oxygens (including phenoxy) is 1. The molecule has 0 radical (unpaired) electrons. The van der Waals surface area contributed by atoms with Crippen molar-refractivity contribution >= 4 is 6.09 Å². The van der Waals surface area contributed by atoms with Crippen LogP contribution in [0.15, 0.2) is 0 Å². The van der Waals surface area contributed by atoms with Crippen molar-refractivity contribution in [1.29, 1.82) is 0 Å². The monoisotopic (exact) mass is 311 g/mol. The highest BCUT2D eigenvalue weighted by molar-refractivity contribution is 5.68. The number of piperidine rings is 1. The van der Waals surface area contributed by atoms with E-state index in [1.54, 1.807) is 0 Å². The summed E-state index contributed by atoms with van der Waals surface area (Å²) in [6, 6.07) is 0.407. The molecule has 128 valence electrons. The van der Waals surface area contributed by atoms with Gasteiger partial charge in [-0.1, -0.05) is 6.42 Å². The lowest BCUT2D eigenvalue weighted by molar-refractivity contribution is 0.0243. The maximum absolute atomic E-state index is 12.3. The molecular formula is C17H33N3O2. The predicted molar refractivity (Wildman–Crippen MR) is 89.0 cm³/mol. The Kier molecular flexibility index (Phi) is 6.50. The minimum absolute atomic E-state index is 0.164. The van der Waals surface area contributed by atoms with Crippen molar-refractivity contribution < 1.29 is 9.53 Å². The predicted octanol–water partition coefficient (Wildman–Crippen LogP) is 2.37. The third-order valence-corrected chi connectivity index (χ3v) is 4.48. The maximum Gasteiger partial charge on any atom is 0.410 e. The zero-order chi connectivity index (χ0) is 16.0. The molecule has 0 aromatic heterocycles. The minimum atomic E-state index is -0.415. The highest BCUT2D eigenvalue weighted by Crippen LogP contribution is 2.16. The second-order valence-electron chi connectivity index (χ2n) is 7.72. The summed E-state index contributed by atoms with van der Waals surface area (Å²) in [7, 11) is 0. The highest BCUT2D eigenvalue weighted by atomic mass is 16.6. The molecule has 1 amide bonds. The van der Waals surface area contributed by atoms with Crippen molar-refractivity contribution in [3.05, 3.63) is 0 Å². The first-order chi connectivity index (χ1) is 10.4. The smallest absolute Gasteiger partial charge is 0.410 e. The van der Waals surface area contributed by atoms with Gasteiger partial charge in [-0.3, -0.25) is 0 Å². The van der Waals surface area contributed by atoms with Gasteiger partial charge in [-0.05, 0) is 72.0 Å². The highest BCUT2D eigenvalue weighted by Gasteiger charge is 2.26. The molecule has 2 rings (SSSR count). The average molecular weight is 311 g/mol. The second-order valence-corrected chi connectivity index (χ2v) is 7.72. The molecule has 2 aliphatic rings. The summed E-state index contributed by atoms with van der Waals surface area (Å²) < 4.78 is 5.53. The summed E-state index contributed by atoms with van der Waals surface area (Å²) in [6.45, 7) is 10.7. The Morgan fingerprint density at radius 3 is 2.64 bits per heavy atom. The van der Waals surface area contributed by atoms with E-state index < -0.39 is 5.60 Å². The molecule has 5 nitrogen and oxygen atoms in total. The molecule has 2 aliphatic heterocycles. The summed E-state index contributed by atoms with van der Waals surface area (Å²) in [6.07, 6.45) is 5.77. The van der Waals surface area contributed by atoms with Crippen LogP contribution in [0, 0.1) is 5.92 Å². The van der Waals surface area contributed by atoms with Gasteiger partial charge in [0.1, 0.15) is 5.60 Å². The van der Waals surface area contributed by atoms with E-state index in [-0.39, 0.29) is 6.09 Å². The zero-order valence-corrected chi connectivity index (χ0v) is 14.5. The quantitative estimate of drug-likeness (QED) is 0.840. The second kappa shape index (κ2) is 8.16. The SMILES string of the molecule is CC(C)(C)OC(=O)N1CCCCC(NCC2CCNCC2)C1. The molecule has 2 N–H and O–H groups in total. The number of amides is 1. The molecule has 2 heterocycles. The molecule has 0 aromatic rings. The van der Waals surface area contributed by atoms with Gasteiger partial charge in [-0.25, -0.2) is 4.79 Å². The van der Waals surface area contributed by atoms with E-state index >= 15 is 0 Å². The summed E-state index contributed by atoms with van der Waals surface area (Å²) in [5.41, 5.74) is -0.415. The Morgan fingerprint density at radius 2 is 1.95 bits per heavy atom. The van der Waals surface area contributed by atoms with Crippen LogP contribution in [0.3, 0.4) is 0 Å².